The van der Waals surface area contributed by atoms with E-state index >= 15 is 0 Å². The zero-order chi connectivity index (χ0) is 15.5. The van der Waals surface area contributed by atoms with E-state index in [1.807, 2.05) is 58.3 Å². The standard InChI is InChI=1S/C18H22N2O2/c1-14(21)13-17-5-4-12-20(17)18(22)15-6-8-16(9-7-15)19-10-2-3-11-19/h2-3,6-11,14,17,21H,4-5,12-13H2,1H3. The van der Waals surface area contributed by atoms with E-state index in [0.29, 0.717) is 12.0 Å². The Labute approximate surface area is 131 Å². The number of aromatic nitrogens is 1. The number of aliphatic hydroxyl groups excluding tert-OH is 1. The minimum Gasteiger partial charge on any atom is -0.393 e. The van der Waals surface area contributed by atoms with Crippen LogP contribution in [-0.2, 0) is 0 Å². The van der Waals surface area contributed by atoms with Crippen molar-refractivity contribution < 1.29 is 9.90 Å². The summed E-state index contributed by atoms with van der Waals surface area (Å²) in [6, 6.07) is 11.8. The Morgan fingerprint density at radius 3 is 2.59 bits per heavy atom. The van der Waals surface area contributed by atoms with Gasteiger partial charge in [-0.2, -0.15) is 0 Å². The zero-order valence-electron chi connectivity index (χ0n) is 12.9. The minimum atomic E-state index is -0.366. The lowest BCUT2D eigenvalue weighted by Crippen LogP contribution is -2.37. The number of likely N-dealkylation sites (tertiary alicyclic amines) is 1. The molecule has 1 saturated heterocycles. The van der Waals surface area contributed by atoms with Crippen molar-refractivity contribution in [1.82, 2.24) is 9.47 Å². The maximum absolute atomic E-state index is 12.7. The summed E-state index contributed by atoms with van der Waals surface area (Å²) < 4.78 is 2.01. The van der Waals surface area contributed by atoms with E-state index in [1.54, 1.807) is 6.92 Å². The van der Waals surface area contributed by atoms with Crippen molar-refractivity contribution in [2.24, 2.45) is 0 Å². The highest BCUT2D eigenvalue weighted by atomic mass is 16.3. The average molecular weight is 298 g/mol. The fourth-order valence-corrected chi connectivity index (χ4v) is 3.19. The van der Waals surface area contributed by atoms with E-state index in [2.05, 4.69) is 0 Å². The van der Waals surface area contributed by atoms with Gasteiger partial charge in [0.1, 0.15) is 0 Å². The molecule has 1 aliphatic heterocycles. The molecule has 2 heterocycles. The predicted molar refractivity (Wildman–Crippen MR) is 86.1 cm³/mol. The number of nitrogens with zero attached hydrogens (tertiary/aromatic N) is 2. The first-order chi connectivity index (χ1) is 10.6. The molecular weight excluding hydrogens is 276 g/mol. The molecule has 3 rings (SSSR count). The molecule has 1 aromatic heterocycles. The largest absolute Gasteiger partial charge is 0.393 e. The lowest BCUT2D eigenvalue weighted by Gasteiger charge is -2.25. The van der Waals surface area contributed by atoms with Crippen molar-refractivity contribution in [1.29, 1.82) is 0 Å². The molecule has 0 aliphatic carbocycles. The molecule has 1 fully saturated rings. The molecule has 2 atom stereocenters. The van der Waals surface area contributed by atoms with Gasteiger partial charge in [-0.1, -0.05) is 0 Å². The van der Waals surface area contributed by atoms with Gasteiger partial charge in [-0.15, -0.1) is 0 Å². The molecule has 0 radical (unpaired) electrons. The molecule has 4 nitrogen and oxygen atoms in total. The fourth-order valence-electron chi connectivity index (χ4n) is 3.19. The molecule has 0 saturated carbocycles. The maximum atomic E-state index is 12.7. The van der Waals surface area contributed by atoms with E-state index in [9.17, 15) is 9.90 Å². The third kappa shape index (κ3) is 3.07. The Bertz CT molecular complexity index is 617. The second kappa shape index (κ2) is 6.36. The highest BCUT2D eigenvalue weighted by molar-refractivity contribution is 5.94. The van der Waals surface area contributed by atoms with Crippen molar-refractivity contribution >= 4 is 5.91 Å². The summed E-state index contributed by atoms with van der Waals surface area (Å²) in [6.07, 6.45) is 6.26. The molecule has 4 heteroatoms. The van der Waals surface area contributed by atoms with Crippen LogP contribution in [0.25, 0.3) is 5.69 Å². The molecular formula is C18H22N2O2. The number of benzene rings is 1. The first-order valence-corrected chi connectivity index (χ1v) is 7.87. The molecule has 1 N–H and O–H groups in total. The van der Waals surface area contributed by atoms with E-state index < -0.39 is 0 Å². The van der Waals surface area contributed by atoms with Crippen molar-refractivity contribution in [2.45, 2.75) is 38.3 Å². The van der Waals surface area contributed by atoms with Gasteiger partial charge in [-0.3, -0.25) is 4.79 Å². The van der Waals surface area contributed by atoms with Gasteiger partial charge in [0, 0.05) is 36.2 Å². The first kappa shape index (κ1) is 14.9. The number of hydrogen-bond acceptors (Lipinski definition) is 2. The monoisotopic (exact) mass is 298 g/mol. The summed E-state index contributed by atoms with van der Waals surface area (Å²) in [5.74, 6) is 0.0715. The SMILES string of the molecule is CC(O)CC1CCCN1C(=O)c1ccc(-n2cccc2)cc1. The van der Waals surface area contributed by atoms with Crippen LogP contribution < -0.4 is 0 Å². The van der Waals surface area contributed by atoms with E-state index in [-0.39, 0.29) is 18.1 Å². The second-order valence-electron chi connectivity index (χ2n) is 6.02. The lowest BCUT2D eigenvalue weighted by molar-refractivity contribution is 0.0682. The summed E-state index contributed by atoms with van der Waals surface area (Å²) in [4.78, 5) is 14.6. The summed E-state index contributed by atoms with van der Waals surface area (Å²) >= 11 is 0. The highest BCUT2D eigenvalue weighted by Crippen LogP contribution is 2.24. The van der Waals surface area contributed by atoms with Gasteiger partial charge in [0.2, 0.25) is 0 Å². The topological polar surface area (TPSA) is 45.5 Å². The Balaban J connectivity index is 1.74. The number of rotatable bonds is 4. The molecule has 1 aliphatic rings. The van der Waals surface area contributed by atoms with Crippen LogP contribution in [0.3, 0.4) is 0 Å². The molecule has 1 amide bonds. The van der Waals surface area contributed by atoms with Gasteiger partial charge < -0.3 is 14.6 Å². The predicted octanol–water partition coefficient (Wildman–Crippen LogP) is 2.85. The number of carbonyl (C=O) groups is 1. The summed E-state index contributed by atoms with van der Waals surface area (Å²) in [5, 5.41) is 9.58. The number of carbonyl (C=O) groups excluding carboxylic acids is 1. The number of aliphatic hydroxyl groups is 1. The van der Waals surface area contributed by atoms with Gasteiger partial charge >= 0.3 is 0 Å². The van der Waals surface area contributed by atoms with Crippen LogP contribution in [0.4, 0.5) is 0 Å². The lowest BCUT2D eigenvalue weighted by atomic mass is 10.1. The maximum Gasteiger partial charge on any atom is 0.254 e. The van der Waals surface area contributed by atoms with Crippen LogP contribution >= 0.6 is 0 Å². The Hall–Kier alpha value is -2.07. The molecule has 1 aromatic carbocycles. The van der Waals surface area contributed by atoms with Gasteiger partial charge in [0.15, 0.2) is 0 Å². The van der Waals surface area contributed by atoms with Crippen molar-refractivity contribution in [3.8, 4) is 5.69 Å². The van der Waals surface area contributed by atoms with E-state index in [1.165, 1.54) is 0 Å². The molecule has 116 valence electrons. The fraction of sp³-hybridized carbons (Fsp3) is 0.389. The Morgan fingerprint density at radius 2 is 1.95 bits per heavy atom. The molecule has 2 aromatic rings. The smallest absolute Gasteiger partial charge is 0.254 e. The summed E-state index contributed by atoms with van der Waals surface area (Å²) in [7, 11) is 0. The van der Waals surface area contributed by atoms with Crippen LogP contribution in [0, 0.1) is 0 Å². The van der Waals surface area contributed by atoms with Crippen LogP contribution in [0.5, 0.6) is 0 Å². The first-order valence-electron chi connectivity index (χ1n) is 7.87. The normalized spacial score (nSPS) is 19.4. The van der Waals surface area contributed by atoms with Crippen molar-refractivity contribution in [2.75, 3.05) is 6.54 Å². The molecule has 2 unspecified atom stereocenters. The van der Waals surface area contributed by atoms with E-state index in [4.69, 9.17) is 0 Å². The van der Waals surface area contributed by atoms with Crippen LogP contribution in [0.15, 0.2) is 48.8 Å². The van der Waals surface area contributed by atoms with Gasteiger partial charge in [-0.25, -0.2) is 0 Å². The van der Waals surface area contributed by atoms with Crippen LogP contribution in [0.1, 0.15) is 36.5 Å². The van der Waals surface area contributed by atoms with Crippen molar-refractivity contribution in [3.05, 3.63) is 54.4 Å². The quantitative estimate of drug-likeness (QED) is 0.943. The third-order valence-electron chi connectivity index (χ3n) is 4.27. The van der Waals surface area contributed by atoms with E-state index in [0.717, 1.165) is 25.1 Å². The summed E-state index contributed by atoms with van der Waals surface area (Å²) in [6.45, 7) is 2.57. The molecule has 0 bridgehead atoms. The molecule has 0 spiro atoms. The number of hydrogen-bond donors (Lipinski definition) is 1. The Morgan fingerprint density at radius 1 is 1.27 bits per heavy atom. The average Bonchev–Trinajstić information content (AvgIpc) is 3.17. The summed E-state index contributed by atoms with van der Waals surface area (Å²) in [5.41, 5.74) is 1.76. The van der Waals surface area contributed by atoms with Crippen molar-refractivity contribution in [3.63, 3.8) is 0 Å². The van der Waals surface area contributed by atoms with Crippen LogP contribution in [0.2, 0.25) is 0 Å². The Kier molecular flexibility index (Phi) is 4.29. The van der Waals surface area contributed by atoms with Gasteiger partial charge in [-0.05, 0) is 62.6 Å². The highest BCUT2D eigenvalue weighted by Gasteiger charge is 2.30. The van der Waals surface area contributed by atoms with Crippen LogP contribution in [-0.4, -0.2) is 39.2 Å². The molecule has 22 heavy (non-hydrogen) atoms. The van der Waals surface area contributed by atoms with Gasteiger partial charge in [0.25, 0.3) is 5.91 Å². The second-order valence-corrected chi connectivity index (χ2v) is 6.02. The van der Waals surface area contributed by atoms with Gasteiger partial charge in [0.05, 0.1) is 6.10 Å². The minimum absolute atomic E-state index is 0.0715. The zero-order valence-corrected chi connectivity index (χ0v) is 12.9. The number of amides is 1. The third-order valence-corrected chi connectivity index (χ3v) is 4.27.